The number of amides is 1. The highest BCUT2D eigenvalue weighted by Gasteiger charge is 2.19. The minimum Gasteiger partial charge on any atom is -0.355 e. The van der Waals surface area contributed by atoms with Crippen molar-refractivity contribution < 1.29 is 13.6 Å². The van der Waals surface area contributed by atoms with Crippen LogP contribution in [0.25, 0.3) is 11.3 Å². The van der Waals surface area contributed by atoms with Crippen LogP contribution in [-0.2, 0) is 6.54 Å². The molecule has 148 valence electrons. The minimum absolute atomic E-state index is 0.0179. The number of hydrogen-bond acceptors (Lipinski definition) is 4. The van der Waals surface area contributed by atoms with Crippen molar-refractivity contribution in [3.05, 3.63) is 77.6 Å². The monoisotopic (exact) mass is 394 g/mol. The zero-order chi connectivity index (χ0) is 20.2. The summed E-state index contributed by atoms with van der Waals surface area (Å²) in [5, 5.41) is 2.65. The van der Waals surface area contributed by atoms with Gasteiger partial charge < -0.3 is 10.2 Å². The van der Waals surface area contributed by atoms with Crippen molar-refractivity contribution in [3.8, 4) is 11.3 Å². The largest absolute Gasteiger partial charge is 0.355 e. The van der Waals surface area contributed by atoms with Gasteiger partial charge in [0.1, 0.15) is 17.3 Å². The molecule has 1 aliphatic rings. The Kier molecular flexibility index (Phi) is 5.46. The van der Waals surface area contributed by atoms with Crippen LogP contribution in [0, 0.1) is 11.6 Å². The van der Waals surface area contributed by atoms with E-state index in [4.69, 9.17) is 0 Å². The van der Waals surface area contributed by atoms with E-state index >= 15 is 0 Å². The van der Waals surface area contributed by atoms with E-state index in [9.17, 15) is 13.6 Å². The number of halogens is 2. The third-order valence-corrected chi connectivity index (χ3v) is 4.96. The van der Waals surface area contributed by atoms with Gasteiger partial charge >= 0.3 is 0 Å². The van der Waals surface area contributed by atoms with E-state index in [2.05, 4.69) is 20.2 Å². The lowest BCUT2D eigenvalue weighted by Crippen LogP contribution is -2.23. The van der Waals surface area contributed by atoms with Crippen molar-refractivity contribution >= 4 is 11.7 Å². The quantitative estimate of drug-likeness (QED) is 0.712. The summed E-state index contributed by atoms with van der Waals surface area (Å²) in [4.78, 5) is 23.6. The molecule has 0 saturated carbocycles. The van der Waals surface area contributed by atoms with Gasteiger partial charge in [0, 0.05) is 54.8 Å². The number of nitrogens with zero attached hydrogens (tertiary/aromatic N) is 3. The van der Waals surface area contributed by atoms with E-state index in [1.807, 2.05) is 12.1 Å². The normalized spacial score (nSPS) is 13.5. The van der Waals surface area contributed by atoms with Crippen molar-refractivity contribution in [1.29, 1.82) is 0 Å². The number of carbonyl (C=O) groups excluding carboxylic acids is 1. The van der Waals surface area contributed by atoms with Crippen LogP contribution in [0.5, 0.6) is 0 Å². The maximum Gasteiger partial charge on any atom is 0.251 e. The lowest BCUT2D eigenvalue weighted by Gasteiger charge is -2.19. The molecule has 1 fully saturated rings. The summed E-state index contributed by atoms with van der Waals surface area (Å²) in [6, 6.07) is 10.4. The Morgan fingerprint density at radius 1 is 1.00 bits per heavy atom. The highest BCUT2D eigenvalue weighted by Crippen LogP contribution is 2.29. The van der Waals surface area contributed by atoms with E-state index in [-0.39, 0.29) is 18.0 Å². The fourth-order valence-corrected chi connectivity index (χ4v) is 3.42. The molecule has 1 aromatic heterocycles. The number of nitrogens with one attached hydrogen (secondary N) is 1. The average Bonchev–Trinajstić information content (AvgIpc) is 3.28. The molecule has 0 aliphatic carbocycles. The summed E-state index contributed by atoms with van der Waals surface area (Å²) in [5.41, 5.74) is 2.34. The van der Waals surface area contributed by atoms with Gasteiger partial charge in [0.25, 0.3) is 5.91 Å². The second-order valence-corrected chi connectivity index (χ2v) is 6.92. The Labute approximate surface area is 167 Å². The molecule has 2 aromatic carbocycles. The molecule has 0 unspecified atom stereocenters. The van der Waals surface area contributed by atoms with Crippen LogP contribution in [-0.4, -0.2) is 29.0 Å². The number of anilines is 1. The Hall–Kier alpha value is -3.35. The van der Waals surface area contributed by atoms with Crippen molar-refractivity contribution in [2.45, 2.75) is 19.4 Å². The maximum atomic E-state index is 13.7. The first-order chi connectivity index (χ1) is 14.1. The second-order valence-electron chi connectivity index (χ2n) is 6.92. The van der Waals surface area contributed by atoms with Crippen molar-refractivity contribution in [3.63, 3.8) is 0 Å². The third-order valence-electron chi connectivity index (χ3n) is 4.96. The van der Waals surface area contributed by atoms with Gasteiger partial charge in [-0.15, -0.1) is 0 Å². The predicted octanol–water partition coefficient (Wildman–Crippen LogP) is 3.95. The lowest BCUT2D eigenvalue weighted by atomic mass is 10.1. The van der Waals surface area contributed by atoms with Gasteiger partial charge in [-0.3, -0.25) is 9.78 Å². The van der Waals surface area contributed by atoms with E-state index in [1.54, 1.807) is 24.5 Å². The van der Waals surface area contributed by atoms with Gasteiger partial charge in [0.05, 0.1) is 0 Å². The van der Waals surface area contributed by atoms with Crippen LogP contribution in [0.1, 0.15) is 28.8 Å². The summed E-state index contributed by atoms with van der Waals surface area (Å²) in [5.74, 6) is -0.809. The van der Waals surface area contributed by atoms with Gasteiger partial charge in [-0.2, -0.15) is 0 Å². The Balaban J connectivity index is 1.47. The topological polar surface area (TPSA) is 58.1 Å². The molecule has 0 atom stereocenters. The maximum absolute atomic E-state index is 13.7. The van der Waals surface area contributed by atoms with Crippen LogP contribution in [0.15, 0.2) is 54.9 Å². The van der Waals surface area contributed by atoms with Crippen LogP contribution in [0.4, 0.5) is 14.6 Å². The molecule has 4 rings (SSSR count). The predicted molar refractivity (Wildman–Crippen MR) is 106 cm³/mol. The summed E-state index contributed by atoms with van der Waals surface area (Å²) in [6.45, 7) is 1.91. The average molecular weight is 394 g/mol. The van der Waals surface area contributed by atoms with Gasteiger partial charge in [-0.05, 0) is 31.0 Å². The second kappa shape index (κ2) is 8.34. The molecule has 0 bridgehead atoms. The summed E-state index contributed by atoms with van der Waals surface area (Å²) < 4.78 is 26.7. The molecule has 1 aliphatic heterocycles. The molecule has 7 heteroatoms. The standard InChI is InChI=1S/C22H20F2N4O/c23-18-8-7-17(19(24)13-18)14-27-22(29)16-5-3-15(4-6-16)20-21(26-10-9-25-20)28-11-1-2-12-28/h3-10,13H,1-2,11-12,14H2,(H,27,29). The molecule has 29 heavy (non-hydrogen) atoms. The van der Waals surface area contributed by atoms with E-state index < -0.39 is 11.6 Å². The molecule has 2 heterocycles. The highest BCUT2D eigenvalue weighted by atomic mass is 19.1. The SMILES string of the molecule is O=C(NCc1ccc(F)cc1F)c1ccc(-c2nccnc2N2CCCC2)cc1. The number of rotatable bonds is 5. The first kappa shape index (κ1) is 19.0. The smallest absolute Gasteiger partial charge is 0.251 e. The van der Waals surface area contributed by atoms with E-state index in [0.717, 1.165) is 55.1 Å². The fourth-order valence-electron chi connectivity index (χ4n) is 3.42. The van der Waals surface area contributed by atoms with Crippen molar-refractivity contribution in [2.75, 3.05) is 18.0 Å². The minimum atomic E-state index is -0.683. The zero-order valence-corrected chi connectivity index (χ0v) is 15.7. The molecular formula is C22H20F2N4O. The highest BCUT2D eigenvalue weighted by molar-refractivity contribution is 5.94. The third kappa shape index (κ3) is 4.23. The zero-order valence-electron chi connectivity index (χ0n) is 15.7. The Morgan fingerprint density at radius 2 is 1.72 bits per heavy atom. The Morgan fingerprint density at radius 3 is 2.45 bits per heavy atom. The van der Waals surface area contributed by atoms with Crippen LogP contribution >= 0.6 is 0 Å². The van der Waals surface area contributed by atoms with Crippen molar-refractivity contribution in [1.82, 2.24) is 15.3 Å². The lowest BCUT2D eigenvalue weighted by molar-refractivity contribution is 0.0950. The molecular weight excluding hydrogens is 374 g/mol. The van der Waals surface area contributed by atoms with Gasteiger partial charge in [0.15, 0.2) is 5.82 Å². The molecule has 1 saturated heterocycles. The molecule has 0 radical (unpaired) electrons. The Bertz CT molecular complexity index is 1020. The number of carbonyl (C=O) groups is 1. The number of aromatic nitrogens is 2. The van der Waals surface area contributed by atoms with Crippen LogP contribution in [0.2, 0.25) is 0 Å². The molecule has 5 nitrogen and oxygen atoms in total. The molecule has 0 spiro atoms. The van der Waals surface area contributed by atoms with Crippen molar-refractivity contribution in [2.24, 2.45) is 0 Å². The van der Waals surface area contributed by atoms with Gasteiger partial charge in [-0.25, -0.2) is 13.8 Å². The number of benzene rings is 2. The molecule has 1 amide bonds. The van der Waals surface area contributed by atoms with Gasteiger partial charge in [0.2, 0.25) is 0 Å². The summed E-state index contributed by atoms with van der Waals surface area (Å²) in [7, 11) is 0. The number of hydrogen-bond donors (Lipinski definition) is 1. The molecule has 3 aromatic rings. The van der Waals surface area contributed by atoms with Crippen LogP contribution in [0.3, 0.4) is 0 Å². The van der Waals surface area contributed by atoms with Gasteiger partial charge in [-0.1, -0.05) is 18.2 Å². The summed E-state index contributed by atoms with van der Waals surface area (Å²) >= 11 is 0. The fraction of sp³-hybridized carbons (Fsp3) is 0.227. The van der Waals surface area contributed by atoms with E-state index in [1.165, 1.54) is 6.07 Å². The van der Waals surface area contributed by atoms with E-state index in [0.29, 0.717) is 5.56 Å². The molecule has 1 N–H and O–H groups in total. The summed E-state index contributed by atoms with van der Waals surface area (Å²) in [6.07, 6.45) is 5.63. The first-order valence-corrected chi connectivity index (χ1v) is 9.50. The first-order valence-electron chi connectivity index (χ1n) is 9.50. The van der Waals surface area contributed by atoms with Crippen LogP contribution < -0.4 is 10.2 Å².